The molecule has 2 rings (SSSR count). The lowest BCUT2D eigenvalue weighted by Crippen LogP contribution is -2.06. The fourth-order valence-corrected chi connectivity index (χ4v) is 2.29. The first-order chi connectivity index (χ1) is 9.38. The fourth-order valence-electron chi connectivity index (χ4n) is 2.29. The minimum atomic E-state index is 0.291. The van der Waals surface area contributed by atoms with E-state index in [4.69, 9.17) is 4.98 Å². The van der Waals surface area contributed by atoms with E-state index >= 15 is 0 Å². The Bertz CT molecular complexity index is 597. The van der Waals surface area contributed by atoms with Crippen LogP contribution in [0.25, 0.3) is 11.4 Å². The largest absolute Gasteiger partial charge is 0.261 e. The van der Waals surface area contributed by atoms with Crippen molar-refractivity contribution in [2.24, 2.45) is 5.92 Å². The van der Waals surface area contributed by atoms with Crippen LogP contribution in [0.1, 0.15) is 50.8 Å². The fraction of sp³-hybridized carbons (Fsp3) is 0.562. The van der Waals surface area contributed by atoms with Gasteiger partial charge in [-0.1, -0.05) is 13.8 Å². The molecule has 0 aromatic carbocycles. The van der Waals surface area contributed by atoms with Crippen LogP contribution < -0.4 is 0 Å². The smallest absolute Gasteiger partial charge is 0.160 e. The Balaban J connectivity index is 2.51. The van der Waals surface area contributed by atoms with Crippen LogP contribution in [0.2, 0.25) is 0 Å². The van der Waals surface area contributed by atoms with E-state index in [1.165, 1.54) is 5.56 Å². The van der Waals surface area contributed by atoms with E-state index in [0.717, 1.165) is 29.3 Å². The SMILES string of the molecule is Cc1cc(C)c(-c2nc(CC(C)C)nn2C(C)C)cn1. The lowest BCUT2D eigenvalue weighted by Gasteiger charge is -2.11. The van der Waals surface area contributed by atoms with Crippen LogP contribution in [0.5, 0.6) is 0 Å². The quantitative estimate of drug-likeness (QED) is 0.851. The van der Waals surface area contributed by atoms with Crippen LogP contribution in [0.3, 0.4) is 0 Å². The third-order valence-electron chi connectivity index (χ3n) is 3.24. The van der Waals surface area contributed by atoms with Gasteiger partial charge in [-0.3, -0.25) is 4.98 Å². The molecule has 4 nitrogen and oxygen atoms in total. The van der Waals surface area contributed by atoms with Crippen molar-refractivity contribution in [3.8, 4) is 11.4 Å². The molecule has 0 atom stereocenters. The van der Waals surface area contributed by atoms with E-state index in [1.54, 1.807) is 0 Å². The average Bonchev–Trinajstić information content (AvgIpc) is 2.71. The van der Waals surface area contributed by atoms with Crippen LogP contribution in [-0.2, 0) is 6.42 Å². The molecule has 0 aliphatic rings. The van der Waals surface area contributed by atoms with Gasteiger partial charge in [-0.25, -0.2) is 9.67 Å². The second-order valence-corrected chi connectivity index (χ2v) is 6.13. The van der Waals surface area contributed by atoms with Crippen molar-refractivity contribution in [1.29, 1.82) is 0 Å². The summed E-state index contributed by atoms with van der Waals surface area (Å²) in [7, 11) is 0. The Morgan fingerprint density at radius 1 is 1.15 bits per heavy atom. The molecule has 0 saturated heterocycles. The summed E-state index contributed by atoms with van der Waals surface area (Å²) < 4.78 is 2.01. The summed E-state index contributed by atoms with van der Waals surface area (Å²) in [6, 6.07) is 2.38. The first kappa shape index (κ1) is 14.7. The van der Waals surface area contributed by atoms with Gasteiger partial charge in [-0.05, 0) is 45.2 Å². The van der Waals surface area contributed by atoms with Gasteiger partial charge >= 0.3 is 0 Å². The van der Waals surface area contributed by atoms with E-state index < -0.39 is 0 Å². The molecule has 0 N–H and O–H groups in total. The second kappa shape index (κ2) is 5.73. The van der Waals surface area contributed by atoms with Crippen molar-refractivity contribution in [2.75, 3.05) is 0 Å². The molecule has 0 aliphatic heterocycles. The molecule has 0 unspecified atom stereocenters. The molecule has 0 radical (unpaired) electrons. The minimum Gasteiger partial charge on any atom is -0.261 e. The Morgan fingerprint density at radius 3 is 2.40 bits per heavy atom. The highest BCUT2D eigenvalue weighted by Crippen LogP contribution is 2.24. The summed E-state index contributed by atoms with van der Waals surface area (Å²) in [5.74, 6) is 2.41. The highest BCUT2D eigenvalue weighted by atomic mass is 15.4. The van der Waals surface area contributed by atoms with Gasteiger partial charge in [0.05, 0.1) is 0 Å². The molecular weight excluding hydrogens is 248 g/mol. The van der Waals surface area contributed by atoms with E-state index in [9.17, 15) is 0 Å². The summed E-state index contributed by atoms with van der Waals surface area (Å²) in [6.45, 7) is 12.8. The Morgan fingerprint density at radius 2 is 1.85 bits per heavy atom. The molecular formula is C16H24N4. The highest BCUT2D eigenvalue weighted by molar-refractivity contribution is 5.59. The van der Waals surface area contributed by atoms with Crippen LogP contribution >= 0.6 is 0 Å². The zero-order valence-corrected chi connectivity index (χ0v) is 13.3. The summed E-state index contributed by atoms with van der Waals surface area (Å²) in [6.07, 6.45) is 2.82. The van der Waals surface area contributed by atoms with Gasteiger partial charge in [0.2, 0.25) is 0 Å². The summed E-state index contributed by atoms with van der Waals surface area (Å²) in [5, 5.41) is 4.67. The normalized spacial score (nSPS) is 11.6. The first-order valence-electron chi connectivity index (χ1n) is 7.27. The maximum atomic E-state index is 4.74. The van der Waals surface area contributed by atoms with Gasteiger partial charge in [0.1, 0.15) is 0 Å². The lowest BCUT2D eigenvalue weighted by atomic mass is 10.1. The predicted molar refractivity (Wildman–Crippen MR) is 81.7 cm³/mol. The molecule has 4 heteroatoms. The Hall–Kier alpha value is -1.71. The van der Waals surface area contributed by atoms with Gasteiger partial charge in [0, 0.05) is 29.9 Å². The maximum Gasteiger partial charge on any atom is 0.160 e. The molecule has 20 heavy (non-hydrogen) atoms. The molecule has 108 valence electrons. The highest BCUT2D eigenvalue weighted by Gasteiger charge is 2.16. The molecule has 2 aromatic heterocycles. The molecule has 2 heterocycles. The van der Waals surface area contributed by atoms with Crippen molar-refractivity contribution in [2.45, 2.75) is 54.0 Å². The van der Waals surface area contributed by atoms with Gasteiger partial charge < -0.3 is 0 Å². The summed E-state index contributed by atoms with van der Waals surface area (Å²) in [4.78, 5) is 9.15. The molecule has 2 aromatic rings. The van der Waals surface area contributed by atoms with Gasteiger partial charge in [0.25, 0.3) is 0 Å². The Kier molecular flexibility index (Phi) is 4.21. The van der Waals surface area contributed by atoms with E-state index in [0.29, 0.717) is 12.0 Å². The number of nitrogens with zero attached hydrogens (tertiary/aromatic N) is 4. The van der Waals surface area contributed by atoms with Crippen LogP contribution in [-0.4, -0.2) is 19.7 Å². The number of rotatable bonds is 4. The third-order valence-corrected chi connectivity index (χ3v) is 3.24. The van der Waals surface area contributed by atoms with Crippen LogP contribution in [0.15, 0.2) is 12.3 Å². The topological polar surface area (TPSA) is 43.6 Å². The predicted octanol–water partition coefficient (Wildman–Crippen LogP) is 3.74. The van der Waals surface area contributed by atoms with Gasteiger partial charge in [-0.15, -0.1) is 0 Å². The zero-order chi connectivity index (χ0) is 14.9. The average molecular weight is 272 g/mol. The first-order valence-corrected chi connectivity index (χ1v) is 7.27. The van der Waals surface area contributed by atoms with Crippen molar-refractivity contribution in [3.05, 3.63) is 29.3 Å². The molecule has 0 amide bonds. The van der Waals surface area contributed by atoms with Crippen molar-refractivity contribution >= 4 is 0 Å². The number of aromatic nitrogens is 4. The second-order valence-electron chi connectivity index (χ2n) is 6.13. The van der Waals surface area contributed by atoms with Crippen molar-refractivity contribution in [1.82, 2.24) is 19.7 Å². The molecule has 0 fully saturated rings. The lowest BCUT2D eigenvalue weighted by molar-refractivity contribution is 0.523. The molecule has 0 saturated carbocycles. The maximum absolute atomic E-state index is 4.74. The standard InChI is InChI=1S/C16H24N4/c1-10(2)7-15-18-16(20(19-15)11(3)4)14-9-17-13(6)8-12(14)5/h8-11H,7H2,1-6H3. The third kappa shape index (κ3) is 3.06. The number of hydrogen-bond acceptors (Lipinski definition) is 3. The summed E-state index contributed by atoms with van der Waals surface area (Å²) >= 11 is 0. The number of aryl methyl sites for hydroxylation is 2. The van der Waals surface area contributed by atoms with Gasteiger partial charge in [0.15, 0.2) is 11.6 Å². The van der Waals surface area contributed by atoms with E-state index in [-0.39, 0.29) is 0 Å². The summed E-state index contributed by atoms with van der Waals surface area (Å²) in [5.41, 5.74) is 3.30. The van der Waals surface area contributed by atoms with Crippen LogP contribution in [0.4, 0.5) is 0 Å². The van der Waals surface area contributed by atoms with Gasteiger partial charge in [-0.2, -0.15) is 5.10 Å². The van der Waals surface area contributed by atoms with E-state index in [2.05, 4.69) is 50.8 Å². The Labute approximate surface area is 121 Å². The molecule has 0 aliphatic carbocycles. The number of hydrogen-bond donors (Lipinski definition) is 0. The van der Waals surface area contributed by atoms with Crippen molar-refractivity contribution < 1.29 is 0 Å². The zero-order valence-electron chi connectivity index (χ0n) is 13.3. The van der Waals surface area contributed by atoms with Crippen molar-refractivity contribution in [3.63, 3.8) is 0 Å². The van der Waals surface area contributed by atoms with Crippen LogP contribution in [0, 0.1) is 19.8 Å². The minimum absolute atomic E-state index is 0.291. The molecule has 0 bridgehead atoms. The molecule has 0 spiro atoms. The van der Waals surface area contributed by atoms with E-state index in [1.807, 2.05) is 17.8 Å². The number of pyridine rings is 1. The monoisotopic (exact) mass is 272 g/mol.